The highest BCUT2D eigenvalue weighted by atomic mass is 16.3. The van der Waals surface area contributed by atoms with Gasteiger partial charge >= 0.3 is 0 Å². The molecule has 88 valence electrons. The predicted molar refractivity (Wildman–Crippen MR) is 69.3 cm³/mol. The maximum absolute atomic E-state index is 9.69. The van der Waals surface area contributed by atoms with Crippen LogP contribution in [0, 0.1) is 0 Å². The zero-order chi connectivity index (χ0) is 11.7. The fourth-order valence-corrected chi connectivity index (χ4v) is 2.50. The van der Waals surface area contributed by atoms with Crippen molar-refractivity contribution in [3.63, 3.8) is 0 Å². The number of pyridine rings is 1. The number of phenols is 1. The highest BCUT2D eigenvalue weighted by Gasteiger charge is 2.15. The van der Waals surface area contributed by atoms with E-state index in [9.17, 15) is 5.11 Å². The minimum absolute atomic E-state index is 0.294. The van der Waals surface area contributed by atoms with Crippen LogP contribution in [-0.2, 0) is 0 Å². The van der Waals surface area contributed by atoms with Crippen LogP contribution in [0.15, 0.2) is 30.3 Å². The van der Waals surface area contributed by atoms with Gasteiger partial charge in [-0.1, -0.05) is 18.9 Å². The SMILES string of the molecule is Oc1cccc2nc(NC3CCCC3)ccc12. The van der Waals surface area contributed by atoms with E-state index in [2.05, 4.69) is 10.3 Å². The number of nitrogens with one attached hydrogen (secondary N) is 1. The maximum atomic E-state index is 9.69. The third-order valence-electron chi connectivity index (χ3n) is 3.42. The van der Waals surface area contributed by atoms with Gasteiger partial charge in [-0.2, -0.15) is 0 Å². The van der Waals surface area contributed by atoms with Crippen LogP contribution in [0.1, 0.15) is 25.7 Å². The molecular weight excluding hydrogens is 212 g/mol. The number of hydrogen-bond donors (Lipinski definition) is 2. The van der Waals surface area contributed by atoms with Gasteiger partial charge in [-0.25, -0.2) is 4.98 Å². The number of phenolic OH excluding ortho intramolecular Hbond substituents is 1. The van der Waals surface area contributed by atoms with Crippen molar-refractivity contribution in [2.45, 2.75) is 31.7 Å². The normalized spacial score (nSPS) is 16.5. The van der Waals surface area contributed by atoms with Crippen LogP contribution in [0.25, 0.3) is 10.9 Å². The predicted octanol–water partition coefficient (Wildman–Crippen LogP) is 3.29. The molecule has 3 heteroatoms. The lowest BCUT2D eigenvalue weighted by molar-refractivity contribution is 0.481. The summed E-state index contributed by atoms with van der Waals surface area (Å²) in [6.07, 6.45) is 5.09. The molecule has 0 radical (unpaired) electrons. The number of rotatable bonds is 2. The number of fused-ring (bicyclic) bond motifs is 1. The average Bonchev–Trinajstić information content (AvgIpc) is 2.82. The fourth-order valence-electron chi connectivity index (χ4n) is 2.50. The molecule has 1 fully saturated rings. The minimum atomic E-state index is 0.294. The van der Waals surface area contributed by atoms with Crippen LogP contribution < -0.4 is 5.32 Å². The van der Waals surface area contributed by atoms with Crippen LogP contribution in [0.2, 0.25) is 0 Å². The molecule has 0 amide bonds. The van der Waals surface area contributed by atoms with E-state index < -0.39 is 0 Å². The zero-order valence-electron chi connectivity index (χ0n) is 9.69. The molecule has 1 heterocycles. The topological polar surface area (TPSA) is 45.2 Å². The van der Waals surface area contributed by atoms with Crippen LogP contribution >= 0.6 is 0 Å². The zero-order valence-corrected chi connectivity index (χ0v) is 9.69. The molecule has 0 atom stereocenters. The summed E-state index contributed by atoms with van der Waals surface area (Å²) in [6, 6.07) is 9.87. The molecule has 3 nitrogen and oxygen atoms in total. The van der Waals surface area contributed by atoms with Gasteiger partial charge in [-0.15, -0.1) is 0 Å². The first-order chi connectivity index (χ1) is 8.33. The van der Waals surface area contributed by atoms with Crippen LogP contribution in [0.5, 0.6) is 5.75 Å². The lowest BCUT2D eigenvalue weighted by Gasteiger charge is -2.13. The van der Waals surface area contributed by atoms with Crippen molar-refractivity contribution in [3.8, 4) is 5.75 Å². The molecule has 1 aliphatic rings. The van der Waals surface area contributed by atoms with Gasteiger partial charge in [0.25, 0.3) is 0 Å². The molecule has 3 rings (SSSR count). The molecule has 1 aliphatic carbocycles. The fraction of sp³-hybridized carbons (Fsp3) is 0.357. The third kappa shape index (κ3) is 2.05. The Morgan fingerprint density at radius 3 is 2.76 bits per heavy atom. The average molecular weight is 228 g/mol. The minimum Gasteiger partial charge on any atom is -0.507 e. The summed E-state index contributed by atoms with van der Waals surface area (Å²) < 4.78 is 0. The molecule has 0 spiro atoms. The van der Waals surface area contributed by atoms with Gasteiger partial charge in [0.15, 0.2) is 0 Å². The first kappa shape index (κ1) is 10.4. The molecule has 2 N–H and O–H groups in total. The molecule has 1 saturated carbocycles. The molecule has 2 aromatic rings. The van der Waals surface area contributed by atoms with Crippen LogP contribution in [0.4, 0.5) is 5.82 Å². The van der Waals surface area contributed by atoms with Gasteiger partial charge in [0.05, 0.1) is 5.52 Å². The number of aromatic nitrogens is 1. The number of aromatic hydroxyl groups is 1. The summed E-state index contributed by atoms with van der Waals surface area (Å²) in [5, 5.41) is 14.0. The van der Waals surface area contributed by atoms with Gasteiger partial charge in [0, 0.05) is 11.4 Å². The summed E-state index contributed by atoms with van der Waals surface area (Å²) in [7, 11) is 0. The Kier molecular flexibility index (Phi) is 2.59. The standard InChI is InChI=1S/C14H16N2O/c17-13-7-3-6-12-11(13)8-9-14(16-12)15-10-4-1-2-5-10/h3,6-10,17H,1-2,4-5H2,(H,15,16). The Hall–Kier alpha value is -1.77. The Morgan fingerprint density at radius 1 is 1.12 bits per heavy atom. The van der Waals surface area contributed by atoms with E-state index in [-0.39, 0.29) is 0 Å². The number of nitrogens with zero attached hydrogens (tertiary/aromatic N) is 1. The van der Waals surface area contributed by atoms with E-state index in [1.165, 1.54) is 25.7 Å². The number of benzene rings is 1. The van der Waals surface area contributed by atoms with Gasteiger partial charge in [-0.05, 0) is 37.1 Å². The van der Waals surface area contributed by atoms with Gasteiger partial charge < -0.3 is 10.4 Å². The molecule has 0 bridgehead atoms. The molecule has 0 aliphatic heterocycles. The molecule has 17 heavy (non-hydrogen) atoms. The second kappa shape index (κ2) is 4.24. The van der Waals surface area contributed by atoms with Crippen LogP contribution in [0.3, 0.4) is 0 Å². The number of hydrogen-bond acceptors (Lipinski definition) is 3. The summed E-state index contributed by atoms with van der Waals surface area (Å²) in [5.41, 5.74) is 0.841. The highest BCUT2D eigenvalue weighted by molar-refractivity contribution is 5.85. The van der Waals surface area contributed by atoms with E-state index in [4.69, 9.17) is 0 Å². The van der Waals surface area contributed by atoms with Crippen molar-refractivity contribution in [1.29, 1.82) is 0 Å². The van der Waals surface area contributed by atoms with E-state index in [0.29, 0.717) is 11.8 Å². The van der Waals surface area contributed by atoms with E-state index in [1.807, 2.05) is 24.3 Å². The van der Waals surface area contributed by atoms with Crippen molar-refractivity contribution in [3.05, 3.63) is 30.3 Å². The highest BCUT2D eigenvalue weighted by Crippen LogP contribution is 2.26. The summed E-state index contributed by atoms with van der Waals surface area (Å²) >= 11 is 0. The largest absolute Gasteiger partial charge is 0.507 e. The van der Waals surface area contributed by atoms with Crippen LogP contribution in [-0.4, -0.2) is 16.1 Å². The van der Waals surface area contributed by atoms with Crippen molar-refractivity contribution in [2.75, 3.05) is 5.32 Å². The first-order valence-corrected chi connectivity index (χ1v) is 6.18. The third-order valence-corrected chi connectivity index (χ3v) is 3.42. The molecule has 0 unspecified atom stereocenters. The Bertz CT molecular complexity index is 533. The first-order valence-electron chi connectivity index (χ1n) is 6.18. The van der Waals surface area contributed by atoms with E-state index in [0.717, 1.165) is 16.7 Å². The van der Waals surface area contributed by atoms with E-state index in [1.54, 1.807) is 6.07 Å². The molecule has 1 aromatic heterocycles. The van der Waals surface area contributed by atoms with Gasteiger partial charge in [0.2, 0.25) is 0 Å². The second-order valence-corrected chi connectivity index (χ2v) is 4.67. The van der Waals surface area contributed by atoms with Crippen molar-refractivity contribution in [1.82, 2.24) is 4.98 Å². The summed E-state index contributed by atoms with van der Waals surface area (Å²) in [6.45, 7) is 0. The summed E-state index contributed by atoms with van der Waals surface area (Å²) in [4.78, 5) is 4.53. The lowest BCUT2D eigenvalue weighted by Crippen LogP contribution is -2.15. The van der Waals surface area contributed by atoms with Gasteiger partial charge in [0.1, 0.15) is 11.6 Å². The smallest absolute Gasteiger partial charge is 0.126 e. The summed E-state index contributed by atoms with van der Waals surface area (Å²) in [5.74, 6) is 1.21. The molecule has 0 saturated heterocycles. The molecule has 1 aromatic carbocycles. The Balaban J connectivity index is 1.90. The monoisotopic (exact) mass is 228 g/mol. The maximum Gasteiger partial charge on any atom is 0.126 e. The lowest BCUT2D eigenvalue weighted by atomic mass is 10.2. The molecular formula is C14H16N2O. The quantitative estimate of drug-likeness (QED) is 0.829. The Labute approximate surface area is 100 Å². The second-order valence-electron chi connectivity index (χ2n) is 4.67. The number of anilines is 1. The van der Waals surface area contributed by atoms with Crippen molar-refractivity contribution in [2.24, 2.45) is 0 Å². The van der Waals surface area contributed by atoms with Crippen molar-refractivity contribution >= 4 is 16.7 Å². The van der Waals surface area contributed by atoms with E-state index >= 15 is 0 Å². The Morgan fingerprint density at radius 2 is 1.94 bits per heavy atom. The van der Waals surface area contributed by atoms with Crippen molar-refractivity contribution < 1.29 is 5.11 Å². The van der Waals surface area contributed by atoms with Gasteiger partial charge in [-0.3, -0.25) is 0 Å².